The summed E-state index contributed by atoms with van der Waals surface area (Å²) in [6.45, 7) is 4.02. The number of pyridine rings is 1. The molecular formula is C19H17N4O2S2+. The summed E-state index contributed by atoms with van der Waals surface area (Å²) < 4.78 is 30.1. The van der Waals surface area contributed by atoms with Crippen molar-refractivity contribution in [1.29, 1.82) is 0 Å². The van der Waals surface area contributed by atoms with Crippen LogP contribution >= 0.6 is 11.3 Å². The lowest BCUT2D eigenvalue weighted by Crippen LogP contribution is -2.34. The van der Waals surface area contributed by atoms with Crippen LogP contribution in [0, 0.1) is 13.8 Å². The normalized spacial score (nSPS) is 11.6. The van der Waals surface area contributed by atoms with Crippen LogP contribution in [0.15, 0.2) is 64.4 Å². The van der Waals surface area contributed by atoms with Crippen molar-refractivity contribution in [3.05, 3.63) is 71.4 Å². The molecule has 8 heteroatoms. The average Bonchev–Trinajstić information content (AvgIpc) is 3.19. The van der Waals surface area contributed by atoms with Gasteiger partial charge in [0.25, 0.3) is 10.0 Å². The second kappa shape index (κ2) is 6.71. The van der Waals surface area contributed by atoms with E-state index >= 15 is 0 Å². The van der Waals surface area contributed by atoms with Crippen LogP contribution in [0.1, 0.15) is 11.1 Å². The van der Waals surface area contributed by atoms with Crippen molar-refractivity contribution >= 4 is 38.2 Å². The highest BCUT2D eigenvalue weighted by Crippen LogP contribution is 2.23. The highest BCUT2D eigenvalue weighted by atomic mass is 32.2. The molecule has 4 aromatic rings. The summed E-state index contributed by atoms with van der Waals surface area (Å²) >= 11 is 1.15. The van der Waals surface area contributed by atoms with E-state index in [1.807, 2.05) is 50.5 Å². The third-order valence-corrected chi connectivity index (χ3v) is 6.96. The van der Waals surface area contributed by atoms with Gasteiger partial charge in [-0.15, -0.1) is 11.3 Å². The average molecular weight is 398 g/mol. The molecule has 0 amide bonds. The summed E-state index contributed by atoms with van der Waals surface area (Å²) in [5.41, 5.74) is 3.52. The largest absolute Gasteiger partial charge is 0.372 e. The molecule has 0 radical (unpaired) electrons. The van der Waals surface area contributed by atoms with Gasteiger partial charge in [-0.25, -0.2) is 13.4 Å². The summed E-state index contributed by atoms with van der Waals surface area (Å²) in [4.78, 5) is 9.19. The van der Waals surface area contributed by atoms with Gasteiger partial charge in [0.1, 0.15) is 9.73 Å². The molecule has 0 spiro atoms. The van der Waals surface area contributed by atoms with Gasteiger partial charge in [0.05, 0.1) is 12.4 Å². The SMILES string of the molecule is Cc1cc[n+](-c2nc3ccccc3nc2NS(=O)(=O)c2cccs2)cc1C. The van der Waals surface area contributed by atoms with Crippen LogP contribution in [0.2, 0.25) is 0 Å². The first-order valence-corrected chi connectivity index (χ1v) is 10.6. The van der Waals surface area contributed by atoms with Crippen LogP contribution in [0.25, 0.3) is 16.9 Å². The minimum Gasteiger partial charge on any atom is -0.256 e. The monoisotopic (exact) mass is 397 g/mol. The topological polar surface area (TPSA) is 75.8 Å². The molecule has 6 nitrogen and oxygen atoms in total. The van der Waals surface area contributed by atoms with Crippen molar-refractivity contribution < 1.29 is 13.0 Å². The van der Waals surface area contributed by atoms with Crippen molar-refractivity contribution in [3.63, 3.8) is 0 Å². The number of hydrogen-bond donors (Lipinski definition) is 1. The second-order valence-electron chi connectivity index (χ2n) is 6.14. The van der Waals surface area contributed by atoms with Gasteiger partial charge in [0.15, 0.2) is 0 Å². The number of thiophene rings is 1. The van der Waals surface area contributed by atoms with E-state index in [9.17, 15) is 8.42 Å². The minimum absolute atomic E-state index is 0.190. The van der Waals surface area contributed by atoms with Crippen molar-refractivity contribution in [3.8, 4) is 5.82 Å². The van der Waals surface area contributed by atoms with Crippen LogP contribution in [-0.2, 0) is 10.0 Å². The summed E-state index contributed by atoms with van der Waals surface area (Å²) in [6.07, 6.45) is 3.77. The molecule has 27 heavy (non-hydrogen) atoms. The Morgan fingerprint density at radius 3 is 2.37 bits per heavy atom. The Balaban J connectivity index is 1.91. The molecule has 0 fully saturated rings. The van der Waals surface area contributed by atoms with E-state index in [0.717, 1.165) is 22.5 Å². The maximum Gasteiger partial charge on any atom is 0.372 e. The number of aryl methyl sites for hydroxylation is 2. The molecule has 1 aromatic carbocycles. The van der Waals surface area contributed by atoms with Gasteiger partial charge in [-0.05, 0) is 59.6 Å². The quantitative estimate of drug-likeness (QED) is 0.536. The van der Waals surface area contributed by atoms with E-state index in [1.54, 1.807) is 28.1 Å². The molecule has 3 heterocycles. The lowest BCUT2D eigenvalue weighted by molar-refractivity contribution is -0.599. The van der Waals surface area contributed by atoms with Crippen LogP contribution in [0.5, 0.6) is 0 Å². The van der Waals surface area contributed by atoms with Gasteiger partial charge in [-0.3, -0.25) is 4.72 Å². The number of aromatic nitrogens is 3. The Kier molecular flexibility index (Phi) is 4.37. The Hall–Kier alpha value is -2.84. The maximum absolute atomic E-state index is 12.7. The highest BCUT2D eigenvalue weighted by molar-refractivity contribution is 7.94. The van der Waals surface area contributed by atoms with Gasteiger partial charge in [-0.2, -0.15) is 4.57 Å². The standard InChI is InChI=1S/C19H17N4O2S2/c1-13-9-10-23(12-14(13)2)19-18(20-15-6-3-4-7-16(15)21-19)22-27(24,25)17-8-5-11-26-17/h3-12H,1-2H3,(H,20,22)/q+1. The number of benzene rings is 1. The van der Waals surface area contributed by atoms with E-state index in [2.05, 4.69) is 14.7 Å². The van der Waals surface area contributed by atoms with Gasteiger partial charge in [0.2, 0.25) is 11.3 Å². The molecule has 0 saturated heterocycles. The van der Waals surface area contributed by atoms with Crippen LogP contribution in [0.4, 0.5) is 5.82 Å². The zero-order chi connectivity index (χ0) is 19.0. The molecule has 0 saturated carbocycles. The summed E-state index contributed by atoms with van der Waals surface area (Å²) in [5, 5.41) is 1.72. The van der Waals surface area contributed by atoms with Crippen molar-refractivity contribution in [2.75, 3.05) is 4.72 Å². The van der Waals surface area contributed by atoms with Crippen LogP contribution < -0.4 is 9.29 Å². The van der Waals surface area contributed by atoms with E-state index in [0.29, 0.717) is 16.9 Å². The van der Waals surface area contributed by atoms with Crippen molar-refractivity contribution in [2.45, 2.75) is 18.1 Å². The molecular weight excluding hydrogens is 380 g/mol. The van der Waals surface area contributed by atoms with Crippen molar-refractivity contribution in [1.82, 2.24) is 9.97 Å². The third kappa shape index (κ3) is 3.41. The molecule has 1 N–H and O–H groups in total. The fraction of sp³-hybridized carbons (Fsp3) is 0.105. The van der Waals surface area contributed by atoms with Crippen LogP contribution in [0.3, 0.4) is 0 Å². The number of sulfonamides is 1. The molecule has 0 unspecified atom stereocenters. The van der Waals surface area contributed by atoms with Gasteiger partial charge in [0, 0.05) is 0 Å². The summed E-state index contributed by atoms with van der Waals surface area (Å²) in [6, 6.07) is 12.6. The van der Waals surface area contributed by atoms with E-state index < -0.39 is 10.0 Å². The smallest absolute Gasteiger partial charge is 0.256 e. The van der Waals surface area contributed by atoms with Gasteiger partial charge in [-0.1, -0.05) is 18.2 Å². The first-order valence-electron chi connectivity index (χ1n) is 8.26. The molecule has 0 atom stereocenters. The van der Waals surface area contributed by atoms with Crippen molar-refractivity contribution in [2.24, 2.45) is 0 Å². The number of nitrogens with zero attached hydrogens (tertiary/aromatic N) is 3. The molecule has 0 bridgehead atoms. The summed E-state index contributed by atoms with van der Waals surface area (Å²) in [5.74, 6) is 0.618. The van der Waals surface area contributed by atoms with Gasteiger partial charge < -0.3 is 0 Å². The molecule has 0 aliphatic heterocycles. The summed E-state index contributed by atoms with van der Waals surface area (Å²) in [7, 11) is -3.73. The predicted molar refractivity (Wildman–Crippen MR) is 106 cm³/mol. The number of hydrogen-bond acceptors (Lipinski definition) is 5. The van der Waals surface area contributed by atoms with Crippen LogP contribution in [-0.4, -0.2) is 18.4 Å². The number of anilines is 1. The maximum atomic E-state index is 12.7. The fourth-order valence-corrected chi connectivity index (χ4v) is 4.64. The first kappa shape index (κ1) is 17.6. The molecule has 0 aliphatic rings. The van der Waals surface area contributed by atoms with E-state index in [4.69, 9.17) is 0 Å². The Labute approximate surface area is 161 Å². The Morgan fingerprint density at radius 2 is 1.70 bits per heavy atom. The minimum atomic E-state index is -3.73. The lowest BCUT2D eigenvalue weighted by atomic mass is 10.2. The molecule has 3 aromatic heterocycles. The Morgan fingerprint density at radius 1 is 0.963 bits per heavy atom. The highest BCUT2D eigenvalue weighted by Gasteiger charge is 2.25. The van der Waals surface area contributed by atoms with E-state index in [-0.39, 0.29) is 10.0 Å². The number of para-hydroxylation sites is 2. The molecule has 136 valence electrons. The number of rotatable bonds is 4. The third-order valence-electron chi connectivity index (χ3n) is 4.23. The lowest BCUT2D eigenvalue weighted by Gasteiger charge is -2.08. The zero-order valence-corrected chi connectivity index (χ0v) is 16.4. The fourth-order valence-electron chi connectivity index (χ4n) is 2.64. The molecule has 0 aliphatic carbocycles. The Bertz CT molecular complexity index is 1240. The molecule has 4 rings (SSSR count). The first-order chi connectivity index (χ1) is 12.9. The number of fused-ring (bicyclic) bond motifs is 1. The second-order valence-corrected chi connectivity index (χ2v) is 9.00. The predicted octanol–water partition coefficient (Wildman–Crippen LogP) is 3.39. The zero-order valence-electron chi connectivity index (χ0n) is 14.7. The van der Waals surface area contributed by atoms with E-state index in [1.165, 1.54) is 0 Å². The van der Waals surface area contributed by atoms with Gasteiger partial charge >= 0.3 is 5.82 Å². The number of nitrogens with one attached hydrogen (secondary N) is 1.